The lowest BCUT2D eigenvalue weighted by molar-refractivity contribution is 0.102. The van der Waals surface area contributed by atoms with Crippen LogP contribution in [0.25, 0.3) is 11.3 Å². The monoisotopic (exact) mass is 414 g/mol. The molecule has 146 valence electrons. The van der Waals surface area contributed by atoms with Crippen LogP contribution in [0, 0.1) is 20.8 Å². The largest absolute Gasteiger partial charge is 0.298 e. The third kappa shape index (κ3) is 4.85. The highest BCUT2D eigenvalue weighted by Crippen LogP contribution is 2.31. The number of aryl methyl sites for hydroxylation is 3. The zero-order valence-electron chi connectivity index (χ0n) is 16.2. The quantitative estimate of drug-likeness (QED) is 0.665. The van der Waals surface area contributed by atoms with Gasteiger partial charge in [-0.15, -0.1) is 11.3 Å². The van der Waals surface area contributed by atoms with Crippen molar-refractivity contribution in [2.24, 2.45) is 0 Å². The highest BCUT2D eigenvalue weighted by molar-refractivity contribution is 7.89. The summed E-state index contributed by atoms with van der Waals surface area (Å²) in [4.78, 5) is 17.0. The Morgan fingerprint density at radius 1 is 1.07 bits per heavy atom. The van der Waals surface area contributed by atoms with E-state index in [9.17, 15) is 13.2 Å². The Bertz CT molecular complexity index is 1110. The van der Waals surface area contributed by atoms with Gasteiger partial charge in [-0.3, -0.25) is 10.1 Å². The molecule has 5 nitrogen and oxygen atoms in total. The number of amides is 1. The van der Waals surface area contributed by atoms with Crippen LogP contribution in [-0.2, 0) is 15.6 Å². The summed E-state index contributed by atoms with van der Waals surface area (Å²) >= 11 is 1.38. The number of sulfone groups is 1. The molecule has 1 heterocycles. The number of rotatable bonds is 5. The van der Waals surface area contributed by atoms with E-state index in [1.54, 1.807) is 24.3 Å². The van der Waals surface area contributed by atoms with Crippen LogP contribution in [0.15, 0.2) is 41.8 Å². The predicted octanol–water partition coefficient (Wildman–Crippen LogP) is 4.53. The second-order valence-electron chi connectivity index (χ2n) is 7.03. The Morgan fingerprint density at radius 2 is 1.68 bits per heavy atom. The Labute approximate surface area is 169 Å². The summed E-state index contributed by atoms with van der Waals surface area (Å²) in [6, 6.07) is 10.8. The summed E-state index contributed by atoms with van der Waals surface area (Å²) in [7, 11) is -3.10. The molecule has 0 radical (unpaired) electrons. The maximum Gasteiger partial charge on any atom is 0.257 e. The van der Waals surface area contributed by atoms with E-state index in [2.05, 4.69) is 43.2 Å². The number of benzene rings is 2. The normalized spacial score (nSPS) is 11.4. The van der Waals surface area contributed by atoms with Gasteiger partial charge in [-0.1, -0.05) is 29.8 Å². The van der Waals surface area contributed by atoms with Gasteiger partial charge in [-0.25, -0.2) is 13.4 Å². The number of anilines is 1. The van der Waals surface area contributed by atoms with Gasteiger partial charge in [0, 0.05) is 22.8 Å². The van der Waals surface area contributed by atoms with E-state index in [4.69, 9.17) is 0 Å². The van der Waals surface area contributed by atoms with Crippen LogP contribution < -0.4 is 5.32 Å². The van der Waals surface area contributed by atoms with E-state index >= 15 is 0 Å². The van der Waals surface area contributed by atoms with Crippen molar-refractivity contribution in [2.75, 3.05) is 11.6 Å². The standard InChI is InChI=1S/C21H22N2O3S2/c1-13-9-14(2)19(15(3)10-13)18-11-27-21(22-18)23-20(24)17-7-5-16(6-8-17)12-28(4,25)26/h5-11H,12H2,1-4H3,(H,22,23,24). The van der Waals surface area contributed by atoms with Crippen LogP contribution in [0.2, 0.25) is 0 Å². The number of thiazole rings is 1. The first-order chi connectivity index (χ1) is 13.1. The molecule has 1 N–H and O–H groups in total. The second-order valence-corrected chi connectivity index (χ2v) is 10.0. The van der Waals surface area contributed by atoms with Gasteiger partial charge in [0.15, 0.2) is 15.0 Å². The van der Waals surface area contributed by atoms with Crippen LogP contribution in [0.4, 0.5) is 5.13 Å². The lowest BCUT2D eigenvalue weighted by atomic mass is 9.98. The third-order valence-corrected chi connectivity index (χ3v) is 5.92. The SMILES string of the molecule is Cc1cc(C)c(-c2csc(NC(=O)c3ccc(CS(C)(=O)=O)cc3)n2)c(C)c1. The molecule has 0 saturated carbocycles. The zero-order valence-corrected chi connectivity index (χ0v) is 17.9. The van der Waals surface area contributed by atoms with E-state index in [-0.39, 0.29) is 11.7 Å². The smallest absolute Gasteiger partial charge is 0.257 e. The van der Waals surface area contributed by atoms with Crippen molar-refractivity contribution < 1.29 is 13.2 Å². The molecule has 7 heteroatoms. The Balaban J connectivity index is 1.76. The van der Waals surface area contributed by atoms with Gasteiger partial charge < -0.3 is 0 Å². The molecule has 3 rings (SSSR count). The summed E-state index contributed by atoms with van der Waals surface area (Å²) in [5.41, 5.74) is 6.56. The van der Waals surface area contributed by atoms with Crippen molar-refractivity contribution in [3.8, 4) is 11.3 Å². The fourth-order valence-corrected chi connectivity index (χ4v) is 4.75. The average molecular weight is 415 g/mol. The molecule has 0 aliphatic heterocycles. The molecule has 3 aromatic rings. The van der Waals surface area contributed by atoms with Crippen LogP contribution in [-0.4, -0.2) is 25.6 Å². The summed E-state index contributed by atoms with van der Waals surface area (Å²) < 4.78 is 22.7. The van der Waals surface area contributed by atoms with E-state index in [0.717, 1.165) is 22.4 Å². The second kappa shape index (κ2) is 7.85. The molecule has 0 spiro atoms. The highest BCUT2D eigenvalue weighted by Gasteiger charge is 2.13. The molecule has 1 amide bonds. The average Bonchev–Trinajstić information content (AvgIpc) is 3.01. The number of hydrogen-bond acceptors (Lipinski definition) is 5. The number of nitrogens with one attached hydrogen (secondary N) is 1. The van der Waals surface area contributed by atoms with Crippen LogP contribution in [0.1, 0.15) is 32.6 Å². The van der Waals surface area contributed by atoms with Crippen LogP contribution in [0.3, 0.4) is 0 Å². The minimum Gasteiger partial charge on any atom is -0.298 e. The van der Waals surface area contributed by atoms with Crippen molar-refractivity contribution >= 4 is 32.2 Å². The first kappa shape index (κ1) is 20.2. The number of hydrogen-bond donors (Lipinski definition) is 1. The van der Waals surface area contributed by atoms with Crippen molar-refractivity contribution in [3.63, 3.8) is 0 Å². The Morgan fingerprint density at radius 3 is 2.25 bits per heavy atom. The van der Waals surface area contributed by atoms with Gasteiger partial charge in [0.2, 0.25) is 0 Å². The van der Waals surface area contributed by atoms with Gasteiger partial charge in [0.25, 0.3) is 5.91 Å². The van der Waals surface area contributed by atoms with Gasteiger partial charge in [-0.2, -0.15) is 0 Å². The molecule has 0 aliphatic carbocycles. The van der Waals surface area contributed by atoms with E-state index in [0.29, 0.717) is 16.3 Å². The molecule has 28 heavy (non-hydrogen) atoms. The van der Waals surface area contributed by atoms with E-state index in [1.165, 1.54) is 23.2 Å². The minimum atomic E-state index is -3.10. The molecule has 2 aromatic carbocycles. The fourth-order valence-electron chi connectivity index (χ4n) is 3.25. The molecule has 1 aromatic heterocycles. The molecule has 0 bridgehead atoms. The Kier molecular flexibility index (Phi) is 5.67. The van der Waals surface area contributed by atoms with Crippen LogP contribution in [0.5, 0.6) is 0 Å². The van der Waals surface area contributed by atoms with Gasteiger partial charge in [0.1, 0.15) is 0 Å². The topological polar surface area (TPSA) is 76.1 Å². The lowest BCUT2D eigenvalue weighted by Gasteiger charge is -2.08. The van der Waals surface area contributed by atoms with E-state index < -0.39 is 9.84 Å². The fraction of sp³-hybridized carbons (Fsp3) is 0.238. The first-order valence-electron chi connectivity index (χ1n) is 8.74. The maximum atomic E-state index is 12.5. The number of carbonyl (C=O) groups excluding carboxylic acids is 1. The number of nitrogens with zero attached hydrogens (tertiary/aromatic N) is 1. The van der Waals surface area contributed by atoms with Gasteiger partial charge in [0.05, 0.1) is 11.4 Å². The lowest BCUT2D eigenvalue weighted by Crippen LogP contribution is -2.12. The molecule has 0 saturated heterocycles. The molecular weight excluding hydrogens is 392 g/mol. The minimum absolute atomic E-state index is 0.0417. The molecule has 0 fully saturated rings. The highest BCUT2D eigenvalue weighted by atomic mass is 32.2. The summed E-state index contributed by atoms with van der Waals surface area (Å²) in [5.74, 6) is -0.316. The molecule has 0 aliphatic rings. The third-order valence-electron chi connectivity index (χ3n) is 4.30. The van der Waals surface area contributed by atoms with Crippen molar-refractivity contribution in [1.29, 1.82) is 0 Å². The van der Waals surface area contributed by atoms with Crippen molar-refractivity contribution in [1.82, 2.24) is 4.98 Å². The number of carbonyl (C=O) groups is 1. The molecule has 0 unspecified atom stereocenters. The van der Waals surface area contributed by atoms with Crippen molar-refractivity contribution in [3.05, 3.63) is 69.6 Å². The van der Waals surface area contributed by atoms with E-state index in [1.807, 2.05) is 5.38 Å². The first-order valence-corrected chi connectivity index (χ1v) is 11.7. The molecule has 0 atom stereocenters. The predicted molar refractivity (Wildman–Crippen MR) is 115 cm³/mol. The number of aromatic nitrogens is 1. The maximum absolute atomic E-state index is 12.5. The van der Waals surface area contributed by atoms with Crippen LogP contribution >= 0.6 is 11.3 Å². The van der Waals surface area contributed by atoms with Gasteiger partial charge >= 0.3 is 0 Å². The van der Waals surface area contributed by atoms with Gasteiger partial charge in [-0.05, 0) is 49.6 Å². The summed E-state index contributed by atoms with van der Waals surface area (Å²) in [5, 5.41) is 5.28. The Hall–Kier alpha value is -2.51. The summed E-state index contributed by atoms with van der Waals surface area (Å²) in [6.07, 6.45) is 1.19. The summed E-state index contributed by atoms with van der Waals surface area (Å²) in [6.45, 7) is 6.19. The zero-order chi connectivity index (χ0) is 20.5. The molecular formula is C21H22N2O3S2. The van der Waals surface area contributed by atoms with Crippen molar-refractivity contribution in [2.45, 2.75) is 26.5 Å².